The number of nitrogens with zero attached hydrogens (tertiary/aromatic N) is 2. The van der Waals surface area contributed by atoms with E-state index in [0.29, 0.717) is 37.7 Å². The number of imidazole rings is 1. The van der Waals surface area contributed by atoms with Gasteiger partial charge < -0.3 is 25.0 Å². The fourth-order valence-corrected chi connectivity index (χ4v) is 3.82. The Bertz CT molecular complexity index is 901. The third kappa shape index (κ3) is 5.12. The lowest BCUT2D eigenvalue weighted by molar-refractivity contribution is 0.0204. The van der Waals surface area contributed by atoms with Crippen LogP contribution in [0, 0.1) is 0 Å². The first-order valence-electron chi connectivity index (χ1n) is 10.2. The van der Waals surface area contributed by atoms with Crippen molar-refractivity contribution in [2.24, 2.45) is 0 Å². The molecule has 2 aromatic rings. The van der Waals surface area contributed by atoms with E-state index < -0.39 is 5.97 Å². The fraction of sp³-hybridized carbons (Fsp3) is 0.476. The molecule has 1 aromatic carbocycles. The van der Waals surface area contributed by atoms with Crippen LogP contribution in [-0.4, -0.2) is 58.8 Å². The van der Waals surface area contributed by atoms with Crippen molar-refractivity contribution in [3.63, 3.8) is 0 Å². The number of nitrogens with one attached hydrogen (secondary N) is 2. The van der Waals surface area contributed by atoms with E-state index in [1.165, 1.54) is 0 Å². The normalized spacial score (nSPS) is 19.0. The SMILES string of the molecule is CCCOC1CN(c2cccc(C(=O)O)c2)CCC1NC(=O)c1nc(Cl)c(CC)[nH]1. The number of aromatic carboxylic acids is 1. The van der Waals surface area contributed by atoms with Crippen LogP contribution in [0.25, 0.3) is 0 Å². The number of H-pyrrole nitrogens is 1. The molecule has 3 N–H and O–H groups in total. The highest BCUT2D eigenvalue weighted by Gasteiger charge is 2.32. The summed E-state index contributed by atoms with van der Waals surface area (Å²) in [5, 5.41) is 12.6. The minimum absolute atomic E-state index is 0.183. The molecular weight excluding hydrogens is 408 g/mol. The number of aromatic nitrogens is 2. The number of carbonyl (C=O) groups excluding carboxylic acids is 1. The molecule has 1 aliphatic heterocycles. The third-order valence-corrected chi connectivity index (χ3v) is 5.48. The largest absolute Gasteiger partial charge is 0.478 e. The van der Waals surface area contributed by atoms with Crippen molar-refractivity contribution in [3.8, 4) is 0 Å². The maximum Gasteiger partial charge on any atom is 0.335 e. The molecule has 8 nitrogen and oxygen atoms in total. The second kappa shape index (κ2) is 9.95. The number of aromatic amines is 1. The summed E-state index contributed by atoms with van der Waals surface area (Å²) in [6.45, 7) is 5.76. The predicted molar refractivity (Wildman–Crippen MR) is 114 cm³/mol. The number of aryl methyl sites for hydroxylation is 1. The summed E-state index contributed by atoms with van der Waals surface area (Å²) in [4.78, 5) is 33.1. The second-order valence-corrected chi connectivity index (χ2v) is 7.65. The van der Waals surface area contributed by atoms with Gasteiger partial charge in [-0.25, -0.2) is 9.78 Å². The second-order valence-electron chi connectivity index (χ2n) is 7.29. The van der Waals surface area contributed by atoms with Gasteiger partial charge in [0.15, 0.2) is 11.0 Å². The van der Waals surface area contributed by atoms with Crippen LogP contribution >= 0.6 is 11.6 Å². The van der Waals surface area contributed by atoms with Crippen LogP contribution in [-0.2, 0) is 11.2 Å². The molecule has 2 heterocycles. The Morgan fingerprint density at radius 2 is 2.20 bits per heavy atom. The minimum atomic E-state index is -0.957. The predicted octanol–water partition coefficient (Wildman–Crippen LogP) is 3.13. The van der Waals surface area contributed by atoms with Crippen LogP contribution in [0.3, 0.4) is 0 Å². The van der Waals surface area contributed by atoms with Crippen molar-refractivity contribution < 1.29 is 19.4 Å². The van der Waals surface area contributed by atoms with Crippen molar-refractivity contribution in [1.29, 1.82) is 0 Å². The Labute approximate surface area is 180 Å². The van der Waals surface area contributed by atoms with Gasteiger partial charge in [-0.3, -0.25) is 4.79 Å². The average Bonchev–Trinajstić information content (AvgIpc) is 3.14. The zero-order valence-electron chi connectivity index (χ0n) is 17.2. The van der Waals surface area contributed by atoms with E-state index in [-0.39, 0.29) is 29.4 Å². The number of halogens is 1. The van der Waals surface area contributed by atoms with Crippen molar-refractivity contribution in [3.05, 3.63) is 46.5 Å². The molecule has 1 fully saturated rings. The van der Waals surface area contributed by atoms with Gasteiger partial charge in [-0.15, -0.1) is 0 Å². The van der Waals surface area contributed by atoms with Crippen LogP contribution in [0.4, 0.5) is 5.69 Å². The minimum Gasteiger partial charge on any atom is -0.478 e. The molecule has 0 spiro atoms. The number of hydrogen-bond acceptors (Lipinski definition) is 5. The lowest BCUT2D eigenvalue weighted by Gasteiger charge is -2.39. The van der Waals surface area contributed by atoms with Crippen LogP contribution in [0.5, 0.6) is 0 Å². The van der Waals surface area contributed by atoms with Gasteiger partial charge in [-0.05, 0) is 37.5 Å². The Morgan fingerprint density at radius 3 is 2.87 bits per heavy atom. The molecule has 0 bridgehead atoms. The number of ether oxygens (including phenoxy) is 1. The molecule has 1 saturated heterocycles. The molecule has 0 radical (unpaired) electrons. The number of hydrogen-bond donors (Lipinski definition) is 3. The molecular formula is C21H27ClN4O4. The molecule has 162 valence electrons. The lowest BCUT2D eigenvalue weighted by atomic mass is 10.00. The average molecular weight is 435 g/mol. The third-order valence-electron chi connectivity index (χ3n) is 5.17. The van der Waals surface area contributed by atoms with Gasteiger partial charge in [-0.2, -0.15) is 0 Å². The monoisotopic (exact) mass is 434 g/mol. The highest BCUT2D eigenvalue weighted by molar-refractivity contribution is 6.30. The van der Waals surface area contributed by atoms with Crippen molar-refractivity contribution in [2.75, 3.05) is 24.6 Å². The molecule has 0 aliphatic carbocycles. The van der Waals surface area contributed by atoms with E-state index in [2.05, 4.69) is 20.2 Å². The van der Waals surface area contributed by atoms with E-state index in [4.69, 9.17) is 16.3 Å². The summed E-state index contributed by atoms with van der Waals surface area (Å²) >= 11 is 6.06. The van der Waals surface area contributed by atoms with Gasteiger partial charge in [0.2, 0.25) is 0 Å². The van der Waals surface area contributed by atoms with Gasteiger partial charge in [0, 0.05) is 25.4 Å². The molecule has 1 aliphatic rings. The zero-order valence-corrected chi connectivity index (χ0v) is 17.9. The Kier molecular flexibility index (Phi) is 7.33. The summed E-state index contributed by atoms with van der Waals surface area (Å²) in [5.41, 5.74) is 1.80. The molecule has 0 saturated carbocycles. The first kappa shape index (κ1) is 22.1. The van der Waals surface area contributed by atoms with Crippen LogP contribution < -0.4 is 10.2 Å². The maximum absolute atomic E-state index is 12.7. The van der Waals surface area contributed by atoms with E-state index >= 15 is 0 Å². The Morgan fingerprint density at radius 1 is 1.40 bits per heavy atom. The number of carboxylic acid groups (broad SMARTS) is 1. The number of carboxylic acids is 1. The van der Waals surface area contributed by atoms with Crippen molar-refractivity contribution in [1.82, 2.24) is 15.3 Å². The molecule has 9 heteroatoms. The van der Waals surface area contributed by atoms with E-state index in [1.54, 1.807) is 18.2 Å². The summed E-state index contributed by atoms with van der Waals surface area (Å²) in [5.74, 6) is -1.07. The van der Waals surface area contributed by atoms with Gasteiger partial charge in [-0.1, -0.05) is 31.5 Å². The van der Waals surface area contributed by atoms with Gasteiger partial charge >= 0.3 is 5.97 Å². The van der Waals surface area contributed by atoms with E-state index in [1.807, 2.05) is 19.9 Å². The summed E-state index contributed by atoms with van der Waals surface area (Å²) in [6.07, 6.45) is 1.95. The summed E-state index contributed by atoms with van der Waals surface area (Å²) < 4.78 is 6.03. The quantitative estimate of drug-likeness (QED) is 0.589. The van der Waals surface area contributed by atoms with Gasteiger partial charge in [0.1, 0.15) is 0 Å². The lowest BCUT2D eigenvalue weighted by Crippen LogP contribution is -2.55. The van der Waals surface area contributed by atoms with Crippen LogP contribution in [0.1, 0.15) is 53.4 Å². The molecule has 2 atom stereocenters. The number of anilines is 1. The fourth-order valence-electron chi connectivity index (χ4n) is 3.56. The smallest absolute Gasteiger partial charge is 0.335 e. The van der Waals surface area contributed by atoms with E-state index in [0.717, 1.165) is 17.8 Å². The number of rotatable bonds is 8. The van der Waals surface area contributed by atoms with Gasteiger partial charge in [0.05, 0.1) is 23.4 Å². The highest BCUT2D eigenvalue weighted by atomic mass is 35.5. The number of piperidine rings is 1. The first-order valence-corrected chi connectivity index (χ1v) is 10.6. The van der Waals surface area contributed by atoms with E-state index in [9.17, 15) is 14.7 Å². The zero-order chi connectivity index (χ0) is 21.7. The van der Waals surface area contributed by atoms with Crippen LogP contribution in [0.2, 0.25) is 5.15 Å². The van der Waals surface area contributed by atoms with Gasteiger partial charge in [0.25, 0.3) is 5.91 Å². The highest BCUT2D eigenvalue weighted by Crippen LogP contribution is 2.23. The van der Waals surface area contributed by atoms with Crippen molar-refractivity contribution in [2.45, 2.75) is 45.3 Å². The van der Waals surface area contributed by atoms with Crippen molar-refractivity contribution >= 4 is 29.2 Å². The molecule has 30 heavy (non-hydrogen) atoms. The maximum atomic E-state index is 12.7. The number of amides is 1. The molecule has 3 rings (SSSR count). The standard InChI is InChI=1S/C21H27ClN4O4/c1-3-10-30-17-12-26(14-7-5-6-13(11-14)21(28)29)9-8-16(17)24-20(27)19-23-15(4-2)18(22)25-19/h5-7,11,16-17H,3-4,8-10,12H2,1-2H3,(H,23,25)(H,24,27)(H,28,29). The van der Waals surface area contributed by atoms with Crippen LogP contribution in [0.15, 0.2) is 24.3 Å². The topological polar surface area (TPSA) is 108 Å². The summed E-state index contributed by atoms with van der Waals surface area (Å²) in [6, 6.07) is 6.68. The Hall–Kier alpha value is -2.58. The Balaban J connectivity index is 1.72. The summed E-state index contributed by atoms with van der Waals surface area (Å²) in [7, 11) is 0. The molecule has 1 aromatic heterocycles. The molecule has 1 amide bonds. The molecule has 2 unspecified atom stereocenters. The first-order chi connectivity index (χ1) is 14.4. The number of carbonyl (C=O) groups is 2. The number of benzene rings is 1.